The molecule has 0 radical (unpaired) electrons. The predicted octanol–water partition coefficient (Wildman–Crippen LogP) is 2.74. The lowest BCUT2D eigenvalue weighted by Crippen LogP contribution is -2.36. The summed E-state index contributed by atoms with van der Waals surface area (Å²) in [5.74, 6) is 0.366. The second-order valence-corrected chi connectivity index (χ2v) is 5.86. The highest BCUT2D eigenvalue weighted by molar-refractivity contribution is 5.81. The first-order valence-corrected chi connectivity index (χ1v) is 7.34. The van der Waals surface area contributed by atoms with Crippen molar-refractivity contribution in [2.45, 2.75) is 44.8 Å². The number of halogens is 1. The Kier molecular flexibility index (Phi) is 3.74. The van der Waals surface area contributed by atoms with Gasteiger partial charge in [0.15, 0.2) is 0 Å². The van der Waals surface area contributed by atoms with Crippen molar-refractivity contribution in [3.8, 4) is 0 Å². The van der Waals surface area contributed by atoms with Crippen LogP contribution in [0.25, 0.3) is 0 Å². The van der Waals surface area contributed by atoms with E-state index in [-0.39, 0.29) is 17.8 Å². The van der Waals surface area contributed by atoms with Gasteiger partial charge in [0.05, 0.1) is 12.6 Å². The number of rotatable bonds is 5. The molecule has 1 amide bonds. The molecule has 0 saturated heterocycles. The summed E-state index contributed by atoms with van der Waals surface area (Å²) in [6, 6.07) is 4.79. The van der Waals surface area contributed by atoms with Gasteiger partial charge >= 0.3 is 0 Å². The number of carbonyl (C=O) groups excluding carboxylic acids is 1. The third kappa shape index (κ3) is 3.01. The molecule has 4 heteroatoms. The van der Waals surface area contributed by atoms with Gasteiger partial charge in [-0.1, -0.05) is 6.07 Å². The second-order valence-electron chi connectivity index (χ2n) is 5.86. The zero-order valence-corrected chi connectivity index (χ0v) is 11.7. The van der Waals surface area contributed by atoms with Gasteiger partial charge in [0.2, 0.25) is 5.91 Å². The molecular formula is C16H20FNO2. The number of carbonyl (C=O) groups is 1. The highest BCUT2D eigenvalue weighted by atomic mass is 19.1. The molecule has 1 N–H and O–H groups in total. The first-order valence-electron chi connectivity index (χ1n) is 7.34. The molecule has 0 bridgehead atoms. The first-order chi connectivity index (χ1) is 9.63. The predicted molar refractivity (Wildman–Crippen MR) is 73.7 cm³/mol. The monoisotopic (exact) mass is 277 g/mol. The van der Waals surface area contributed by atoms with Crippen LogP contribution < -0.4 is 5.32 Å². The molecular weight excluding hydrogens is 257 g/mol. The normalized spacial score (nSPS) is 22.4. The van der Waals surface area contributed by atoms with Crippen molar-refractivity contribution >= 4 is 5.91 Å². The fourth-order valence-electron chi connectivity index (χ4n) is 2.67. The van der Waals surface area contributed by atoms with Crippen LogP contribution in [-0.4, -0.2) is 18.6 Å². The van der Waals surface area contributed by atoms with Gasteiger partial charge < -0.3 is 10.1 Å². The van der Waals surface area contributed by atoms with E-state index in [9.17, 15) is 9.18 Å². The number of amides is 1. The average molecular weight is 277 g/mol. The number of aryl methyl sites for hydroxylation is 1. The van der Waals surface area contributed by atoms with Crippen LogP contribution in [0.4, 0.5) is 4.39 Å². The van der Waals surface area contributed by atoms with Crippen molar-refractivity contribution in [1.82, 2.24) is 5.32 Å². The maximum atomic E-state index is 13.2. The van der Waals surface area contributed by atoms with E-state index in [1.807, 2.05) is 0 Å². The van der Waals surface area contributed by atoms with Crippen LogP contribution in [0.1, 0.15) is 43.4 Å². The summed E-state index contributed by atoms with van der Waals surface area (Å²) in [4.78, 5) is 12.1. The molecule has 2 atom stereocenters. The summed E-state index contributed by atoms with van der Waals surface area (Å²) in [6.45, 7) is 2.47. The van der Waals surface area contributed by atoms with E-state index in [4.69, 9.17) is 4.74 Å². The molecule has 0 aliphatic heterocycles. The van der Waals surface area contributed by atoms with Crippen molar-refractivity contribution in [2.75, 3.05) is 6.61 Å². The third-order valence-corrected chi connectivity index (χ3v) is 4.15. The maximum absolute atomic E-state index is 13.2. The van der Waals surface area contributed by atoms with E-state index in [1.165, 1.54) is 18.9 Å². The Hall–Kier alpha value is -1.42. The molecule has 2 aliphatic carbocycles. The molecule has 1 fully saturated rings. The van der Waals surface area contributed by atoms with E-state index in [2.05, 4.69) is 5.32 Å². The minimum Gasteiger partial charge on any atom is -0.368 e. The molecule has 0 unspecified atom stereocenters. The van der Waals surface area contributed by atoms with Crippen LogP contribution in [-0.2, 0) is 16.0 Å². The summed E-state index contributed by atoms with van der Waals surface area (Å²) in [7, 11) is 0. The lowest BCUT2D eigenvalue weighted by atomic mass is 10.1. The lowest BCUT2D eigenvalue weighted by molar-refractivity contribution is -0.132. The summed E-state index contributed by atoms with van der Waals surface area (Å²) >= 11 is 0. The molecule has 20 heavy (non-hydrogen) atoms. The highest BCUT2D eigenvalue weighted by Crippen LogP contribution is 2.32. The Bertz CT molecular complexity index is 513. The van der Waals surface area contributed by atoms with E-state index in [0.717, 1.165) is 24.0 Å². The molecule has 3 rings (SSSR count). The van der Waals surface area contributed by atoms with Gasteiger partial charge in [-0.15, -0.1) is 0 Å². The minimum atomic E-state index is -0.417. The number of nitrogens with one attached hydrogen (secondary N) is 1. The number of fused-ring (bicyclic) bond motifs is 1. The number of ether oxygens (including phenoxy) is 1. The molecule has 2 aliphatic rings. The van der Waals surface area contributed by atoms with E-state index in [1.54, 1.807) is 19.1 Å². The van der Waals surface area contributed by atoms with Crippen molar-refractivity contribution < 1.29 is 13.9 Å². The third-order valence-electron chi connectivity index (χ3n) is 4.15. The summed E-state index contributed by atoms with van der Waals surface area (Å²) < 4.78 is 18.7. The molecule has 0 aromatic heterocycles. The van der Waals surface area contributed by atoms with E-state index in [0.29, 0.717) is 12.5 Å². The van der Waals surface area contributed by atoms with Crippen LogP contribution in [0.2, 0.25) is 0 Å². The van der Waals surface area contributed by atoms with Gasteiger partial charge in [-0.2, -0.15) is 0 Å². The number of benzene rings is 1. The lowest BCUT2D eigenvalue weighted by Gasteiger charge is -2.18. The first kappa shape index (κ1) is 13.6. The van der Waals surface area contributed by atoms with Crippen LogP contribution in [0.5, 0.6) is 0 Å². The fourth-order valence-corrected chi connectivity index (χ4v) is 2.67. The van der Waals surface area contributed by atoms with Gasteiger partial charge in [0.25, 0.3) is 0 Å². The largest absolute Gasteiger partial charge is 0.368 e. The van der Waals surface area contributed by atoms with Gasteiger partial charge in [0.1, 0.15) is 11.9 Å². The molecule has 0 spiro atoms. The smallest absolute Gasteiger partial charge is 0.249 e. The fraction of sp³-hybridized carbons (Fsp3) is 0.562. The molecule has 1 aromatic rings. The minimum absolute atomic E-state index is 0.00919. The van der Waals surface area contributed by atoms with Crippen molar-refractivity contribution in [2.24, 2.45) is 5.92 Å². The number of hydrogen-bond acceptors (Lipinski definition) is 2. The van der Waals surface area contributed by atoms with Gasteiger partial charge in [-0.05, 0) is 61.8 Å². The van der Waals surface area contributed by atoms with Gasteiger partial charge in [-0.25, -0.2) is 4.39 Å². The second kappa shape index (κ2) is 5.52. The highest BCUT2D eigenvalue weighted by Gasteiger charge is 2.27. The van der Waals surface area contributed by atoms with Gasteiger partial charge in [-0.3, -0.25) is 4.79 Å². The Morgan fingerprint density at radius 1 is 1.45 bits per heavy atom. The van der Waals surface area contributed by atoms with Crippen molar-refractivity contribution in [3.63, 3.8) is 0 Å². The average Bonchev–Trinajstić information content (AvgIpc) is 3.18. The molecule has 3 nitrogen and oxygen atoms in total. The van der Waals surface area contributed by atoms with Crippen LogP contribution in [0, 0.1) is 11.7 Å². The Morgan fingerprint density at radius 2 is 2.25 bits per heavy atom. The molecule has 108 valence electrons. The Balaban J connectivity index is 1.57. The van der Waals surface area contributed by atoms with Crippen LogP contribution >= 0.6 is 0 Å². The maximum Gasteiger partial charge on any atom is 0.249 e. The molecule has 0 heterocycles. The van der Waals surface area contributed by atoms with Crippen molar-refractivity contribution in [3.05, 3.63) is 35.1 Å². The van der Waals surface area contributed by atoms with E-state index >= 15 is 0 Å². The molecule has 1 saturated carbocycles. The summed E-state index contributed by atoms with van der Waals surface area (Å²) in [6.07, 6.45) is 3.67. The van der Waals surface area contributed by atoms with Crippen molar-refractivity contribution in [1.29, 1.82) is 0 Å². The Morgan fingerprint density at radius 3 is 3.00 bits per heavy atom. The quantitative estimate of drug-likeness (QED) is 0.898. The topological polar surface area (TPSA) is 38.3 Å². The van der Waals surface area contributed by atoms with E-state index < -0.39 is 6.10 Å². The van der Waals surface area contributed by atoms with Crippen LogP contribution in [0.15, 0.2) is 18.2 Å². The zero-order valence-electron chi connectivity index (χ0n) is 11.7. The summed E-state index contributed by atoms with van der Waals surface area (Å²) in [5, 5.41) is 3.01. The summed E-state index contributed by atoms with van der Waals surface area (Å²) in [5.41, 5.74) is 2.04. The van der Waals surface area contributed by atoms with Gasteiger partial charge in [0, 0.05) is 0 Å². The Labute approximate surface area is 118 Å². The SMILES string of the molecule is C[C@@H](OCC1CC1)C(=O)N[C@@H]1CCc2cc(F)ccc21. The zero-order chi connectivity index (χ0) is 14.1. The number of hydrogen-bond donors (Lipinski definition) is 1. The van der Waals surface area contributed by atoms with Crippen LogP contribution in [0.3, 0.4) is 0 Å². The standard InChI is InChI=1S/C16H20FNO2/c1-10(20-9-11-2-3-11)16(19)18-15-7-4-12-8-13(17)5-6-14(12)15/h5-6,8,10-11,15H,2-4,7,9H2,1H3,(H,18,19)/t10-,15-/m1/s1. The molecule has 1 aromatic carbocycles.